The number of hydrogen-bond acceptors (Lipinski definition) is 8. The third kappa shape index (κ3) is 3.93. The highest BCUT2D eigenvalue weighted by molar-refractivity contribution is 5.93. The number of H-pyrrole nitrogens is 1. The molecule has 9 nitrogen and oxygen atoms in total. The summed E-state index contributed by atoms with van der Waals surface area (Å²) in [6, 6.07) is 1.76. The minimum Gasteiger partial charge on any atom is -0.462 e. The summed E-state index contributed by atoms with van der Waals surface area (Å²) < 4.78 is 10.00. The van der Waals surface area contributed by atoms with Gasteiger partial charge in [0.1, 0.15) is 6.07 Å². The van der Waals surface area contributed by atoms with Crippen LogP contribution >= 0.6 is 0 Å². The summed E-state index contributed by atoms with van der Waals surface area (Å²) in [4.78, 5) is 17.6. The Morgan fingerprint density at radius 2 is 2.38 bits per heavy atom. The molecule has 21 heavy (non-hydrogen) atoms. The van der Waals surface area contributed by atoms with Gasteiger partial charge in [-0.3, -0.25) is 0 Å². The van der Waals surface area contributed by atoms with Crippen molar-refractivity contribution in [3.63, 3.8) is 0 Å². The average Bonchev–Trinajstić information content (AvgIpc) is 2.98. The molecule has 2 N–H and O–H groups in total. The van der Waals surface area contributed by atoms with Crippen LogP contribution in [-0.4, -0.2) is 54.1 Å². The van der Waals surface area contributed by atoms with Crippen LogP contribution in [0.2, 0.25) is 0 Å². The molecule has 2 rings (SSSR count). The number of nitrogens with zero attached hydrogens (tertiary/aromatic N) is 4. The molecular weight excluding hydrogens is 276 g/mol. The van der Waals surface area contributed by atoms with Crippen molar-refractivity contribution in [3.05, 3.63) is 11.8 Å². The van der Waals surface area contributed by atoms with E-state index in [1.807, 2.05) is 4.90 Å². The number of ether oxygens (including phenoxy) is 2. The highest BCUT2D eigenvalue weighted by atomic mass is 16.5. The smallest absolute Gasteiger partial charge is 0.350 e. The number of rotatable bonds is 5. The molecule has 0 amide bonds. The maximum Gasteiger partial charge on any atom is 0.350 e. The van der Waals surface area contributed by atoms with Gasteiger partial charge in [0.05, 0.1) is 19.8 Å². The van der Waals surface area contributed by atoms with Crippen molar-refractivity contribution >= 4 is 17.9 Å². The maximum atomic E-state index is 11.4. The van der Waals surface area contributed by atoms with E-state index in [9.17, 15) is 4.79 Å². The van der Waals surface area contributed by atoms with Gasteiger partial charge in [0.25, 0.3) is 0 Å². The number of aromatic nitrogens is 3. The predicted molar refractivity (Wildman–Crippen MR) is 73.4 cm³/mol. The standard InChI is InChI=1S/C12H16N6O3/c1-2-21-10(19)9(7-13)8-14-11-15-12(17-16-11)18-3-5-20-6-4-18/h8H,2-6H2,1H3,(H2,14,15,16,17)/b9-8+. The summed E-state index contributed by atoms with van der Waals surface area (Å²) in [5.74, 6) is 0.206. The van der Waals surface area contributed by atoms with Crippen molar-refractivity contribution in [2.75, 3.05) is 43.1 Å². The fourth-order valence-electron chi connectivity index (χ4n) is 1.71. The number of hydrogen-bond donors (Lipinski definition) is 2. The van der Waals surface area contributed by atoms with Gasteiger partial charge in [-0.15, -0.1) is 5.10 Å². The average molecular weight is 292 g/mol. The van der Waals surface area contributed by atoms with E-state index >= 15 is 0 Å². The molecule has 1 fully saturated rings. The van der Waals surface area contributed by atoms with Crippen molar-refractivity contribution in [2.45, 2.75) is 6.92 Å². The lowest BCUT2D eigenvalue weighted by Gasteiger charge is -2.25. The highest BCUT2D eigenvalue weighted by Gasteiger charge is 2.15. The summed E-state index contributed by atoms with van der Waals surface area (Å²) >= 11 is 0. The molecule has 0 aliphatic carbocycles. The molecule has 1 aliphatic heterocycles. The van der Waals surface area contributed by atoms with Crippen LogP contribution < -0.4 is 10.2 Å². The second-order valence-electron chi connectivity index (χ2n) is 4.12. The number of nitriles is 1. The number of esters is 1. The van der Waals surface area contributed by atoms with Gasteiger partial charge in [-0.05, 0) is 6.92 Å². The third-order valence-corrected chi connectivity index (χ3v) is 2.74. The lowest BCUT2D eigenvalue weighted by Crippen LogP contribution is -2.36. The predicted octanol–water partition coefficient (Wildman–Crippen LogP) is 0.0238. The molecule has 0 bridgehead atoms. The molecule has 112 valence electrons. The Balaban J connectivity index is 1.98. The number of carbonyl (C=O) groups excluding carboxylic acids is 1. The minimum absolute atomic E-state index is 0.138. The van der Waals surface area contributed by atoms with Crippen molar-refractivity contribution in [3.8, 4) is 6.07 Å². The van der Waals surface area contributed by atoms with Crippen LogP contribution in [0.4, 0.5) is 11.9 Å². The monoisotopic (exact) mass is 292 g/mol. The van der Waals surface area contributed by atoms with Gasteiger partial charge in [0, 0.05) is 19.3 Å². The zero-order chi connectivity index (χ0) is 15.1. The molecule has 1 aromatic heterocycles. The first-order chi connectivity index (χ1) is 10.2. The summed E-state index contributed by atoms with van der Waals surface area (Å²) in [5.41, 5.74) is -0.138. The van der Waals surface area contributed by atoms with Crippen LogP contribution in [-0.2, 0) is 14.3 Å². The largest absolute Gasteiger partial charge is 0.462 e. The third-order valence-electron chi connectivity index (χ3n) is 2.74. The number of nitrogens with one attached hydrogen (secondary N) is 2. The molecule has 0 unspecified atom stereocenters. The summed E-state index contributed by atoms with van der Waals surface area (Å²) in [6.07, 6.45) is 1.24. The second-order valence-corrected chi connectivity index (χ2v) is 4.12. The van der Waals surface area contributed by atoms with Gasteiger partial charge < -0.3 is 19.7 Å². The van der Waals surface area contributed by atoms with E-state index in [1.54, 1.807) is 13.0 Å². The van der Waals surface area contributed by atoms with Gasteiger partial charge in [-0.25, -0.2) is 9.89 Å². The normalized spacial score (nSPS) is 15.4. The van der Waals surface area contributed by atoms with Gasteiger partial charge >= 0.3 is 5.97 Å². The van der Waals surface area contributed by atoms with E-state index < -0.39 is 5.97 Å². The lowest BCUT2D eigenvalue weighted by molar-refractivity contribution is -0.138. The Morgan fingerprint density at radius 3 is 3.05 bits per heavy atom. The fourth-order valence-corrected chi connectivity index (χ4v) is 1.71. The Labute approximate surface area is 121 Å². The summed E-state index contributed by atoms with van der Waals surface area (Å²) in [6.45, 7) is 4.60. The first-order valence-corrected chi connectivity index (χ1v) is 6.53. The number of aromatic amines is 1. The minimum atomic E-state index is -0.680. The van der Waals surface area contributed by atoms with E-state index in [-0.39, 0.29) is 12.2 Å². The molecule has 0 spiro atoms. The summed E-state index contributed by atoms with van der Waals surface area (Å²) in [5, 5.41) is 18.4. The van der Waals surface area contributed by atoms with E-state index in [0.717, 1.165) is 13.1 Å². The molecule has 9 heteroatoms. The number of anilines is 2. The Hall–Kier alpha value is -2.60. The molecule has 0 radical (unpaired) electrons. The molecule has 0 atom stereocenters. The van der Waals surface area contributed by atoms with E-state index in [2.05, 4.69) is 20.5 Å². The number of morpholine rings is 1. The van der Waals surface area contributed by atoms with Crippen LogP contribution in [0.25, 0.3) is 0 Å². The molecule has 1 aromatic rings. The van der Waals surface area contributed by atoms with E-state index in [0.29, 0.717) is 25.1 Å². The molecule has 1 aliphatic rings. The van der Waals surface area contributed by atoms with Crippen LogP contribution in [0.1, 0.15) is 6.92 Å². The Morgan fingerprint density at radius 1 is 1.62 bits per heavy atom. The molecular formula is C12H16N6O3. The molecule has 0 saturated carbocycles. The van der Waals surface area contributed by atoms with E-state index in [1.165, 1.54) is 6.20 Å². The van der Waals surface area contributed by atoms with Crippen molar-refractivity contribution in [1.29, 1.82) is 5.26 Å². The quantitative estimate of drug-likeness (QED) is 0.443. The van der Waals surface area contributed by atoms with Gasteiger partial charge in [-0.1, -0.05) is 0 Å². The van der Waals surface area contributed by atoms with Crippen LogP contribution in [0.5, 0.6) is 0 Å². The fraction of sp³-hybridized carbons (Fsp3) is 0.500. The van der Waals surface area contributed by atoms with Crippen molar-refractivity contribution < 1.29 is 14.3 Å². The molecule has 0 aromatic carbocycles. The number of carbonyl (C=O) groups is 1. The molecule has 2 heterocycles. The Kier molecular flexibility index (Phi) is 5.11. The molecule has 1 saturated heterocycles. The SMILES string of the molecule is CCOC(=O)/C(C#N)=C/Nc1nc(N2CCOCC2)n[nH]1. The zero-order valence-electron chi connectivity index (χ0n) is 11.6. The Bertz CT molecular complexity index is 556. The van der Waals surface area contributed by atoms with Gasteiger partial charge in [-0.2, -0.15) is 10.2 Å². The van der Waals surface area contributed by atoms with Crippen molar-refractivity contribution in [1.82, 2.24) is 15.2 Å². The van der Waals surface area contributed by atoms with Crippen LogP contribution in [0, 0.1) is 11.3 Å². The van der Waals surface area contributed by atoms with Crippen LogP contribution in [0.15, 0.2) is 11.8 Å². The van der Waals surface area contributed by atoms with Crippen molar-refractivity contribution in [2.24, 2.45) is 0 Å². The topological polar surface area (TPSA) is 116 Å². The lowest BCUT2D eigenvalue weighted by atomic mass is 10.3. The maximum absolute atomic E-state index is 11.4. The summed E-state index contributed by atoms with van der Waals surface area (Å²) in [7, 11) is 0. The van der Waals surface area contributed by atoms with Gasteiger partial charge in [0.15, 0.2) is 5.57 Å². The highest BCUT2D eigenvalue weighted by Crippen LogP contribution is 2.11. The van der Waals surface area contributed by atoms with Crippen LogP contribution in [0.3, 0.4) is 0 Å². The first kappa shape index (κ1) is 14.8. The second kappa shape index (κ2) is 7.25. The van der Waals surface area contributed by atoms with E-state index in [4.69, 9.17) is 14.7 Å². The van der Waals surface area contributed by atoms with Gasteiger partial charge in [0.2, 0.25) is 11.9 Å². The zero-order valence-corrected chi connectivity index (χ0v) is 11.6. The first-order valence-electron chi connectivity index (χ1n) is 6.53.